The summed E-state index contributed by atoms with van der Waals surface area (Å²) in [5.41, 5.74) is 1.37. The van der Waals surface area contributed by atoms with E-state index in [1.807, 2.05) is 0 Å². The van der Waals surface area contributed by atoms with Gasteiger partial charge in [0.2, 0.25) is 0 Å². The molecule has 2 nitrogen and oxygen atoms in total. The van der Waals surface area contributed by atoms with Crippen LogP contribution in [0.3, 0.4) is 0 Å². The first kappa shape index (κ1) is 11.2. The maximum atomic E-state index is 5.24. The molecule has 2 rings (SSSR count). The Morgan fingerprint density at radius 3 is 2.73 bits per heavy atom. The summed E-state index contributed by atoms with van der Waals surface area (Å²) in [6.07, 6.45) is 2.73. The topological polar surface area (TPSA) is 12.5 Å². The van der Waals surface area contributed by atoms with Gasteiger partial charge in [0.1, 0.15) is 5.75 Å². The standard InChI is InChI=1S/C12H16INO/c1-14(10-4-5-10)8-9-3-6-12(15-2)11(13)7-9/h3,6-7,10H,4-5,8H2,1-2H3. The second-order valence-corrected chi connectivity index (χ2v) is 5.28. The molecule has 1 aliphatic carbocycles. The third-order valence-electron chi connectivity index (χ3n) is 2.82. The van der Waals surface area contributed by atoms with Crippen molar-refractivity contribution in [1.82, 2.24) is 4.90 Å². The molecule has 0 unspecified atom stereocenters. The van der Waals surface area contributed by atoms with Crippen LogP contribution in [-0.2, 0) is 6.54 Å². The fraction of sp³-hybridized carbons (Fsp3) is 0.500. The number of methoxy groups -OCH3 is 1. The van der Waals surface area contributed by atoms with E-state index in [4.69, 9.17) is 4.74 Å². The highest BCUT2D eigenvalue weighted by Gasteiger charge is 2.25. The monoisotopic (exact) mass is 317 g/mol. The van der Waals surface area contributed by atoms with Crippen LogP contribution in [0.1, 0.15) is 18.4 Å². The summed E-state index contributed by atoms with van der Waals surface area (Å²) in [4.78, 5) is 2.43. The lowest BCUT2D eigenvalue weighted by molar-refractivity contribution is 0.316. The number of benzene rings is 1. The molecule has 1 aromatic rings. The Hall–Kier alpha value is -0.290. The van der Waals surface area contributed by atoms with Gasteiger partial charge in [-0.2, -0.15) is 0 Å². The van der Waals surface area contributed by atoms with Crippen LogP contribution >= 0.6 is 22.6 Å². The minimum Gasteiger partial charge on any atom is -0.496 e. The summed E-state index contributed by atoms with van der Waals surface area (Å²) in [5.74, 6) is 0.966. The fourth-order valence-corrected chi connectivity index (χ4v) is 2.54. The van der Waals surface area contributed by atoms with Crippen LogP contribution < -0.4 is 4.74 Å². The molecule has 1 fully saturated rings. The van der Waals surface area contributed by atoms with Crippen LogP contribution in [0.5, 0.6) is 5.75 Å². The molecule has 0 saturated heterocycles. The molecule has 82 valence electrons. The van der Waals surface area contributed by atoms with Gasteiger partial charge in [-0.3, -0.25) is 4.90 Å². The molecule has 1 saturated carbocycles. The Bertz CT molecular complexity index is 349. The Balaban J connectivity index is 2.05. The van der Waals surface area contributed by atoms with Gasteiger partial charge in [0.05, 0.1) is 10.7 Å². The van der Waals surface area contributed by atoms with Gasteiger partial charge in [0.25, 0.3) is 0 Å². The third kappa shape index (κ3) is 2.84. The van der Waals surface area contributed by atoms with Crippen LogP contribution in [0.2, 0.25) is 0 Å². The zero-order chi connectivity index (χ0) is 10.8. The lowest BCUT2D eigenvalue weighted by Crippen LogP contribution is -2.19. The zero-order valence-electron chi connectivity index (χ0n) is 9.16. The van der Waals surface area contributed by atoms with E-state index < -0.39 is 0 Å². The SMILES string of the molecule is COc1ccc(CN(C)C2CC2)cc1I. The Kier molecular flexibility index (Phi) is 3.51. The van der Waals surface area contributed by atoms with Crippen molar-refractivity contribution in [2.75, 3.05) is 14.2 Å². The van der Waals surface area contributed by atoms with E-state index in [9.17, 15) is 0 Å². The van der Waals surface area contributed by atoms with Crippen molar-refractivity contribution < 1.29 is 4.74 Å². The highest BCUT2D eigenvalue weighted by molar-refractivity contribution is 14.1. The predicted molar refractivity (Wildman–Crippen MR) is 70.2 cm³/mol. The predicted octanol–water partition coefficient (Wildman–Crippen LogP) is 2.89. The average molecular weight is 317 g/mol. The minimum atomic E-state index is 0.824. The molecule has 1 aromatic carbocycles. The number of ether oxygens (including phenoxy) is 1. The molecule has 0 radical (unpaired) electrons. The summed E-state index contributed by atoms with van der Waals surface area (Å²) < 4.78 is 6.44. The number of hydrogen-bond acceptors (Lipinski definition) is 2. The van der Waals surface area contributed by atoms with Crippen molar-refractivity contribution in [3.63, 3.8) is 0 Å². The quantitative estimate of drug-likeness (QED) is 0.792. The highest BCUT2D eigenvalue weighted by atomic mass is 127. The van der Waals surface area contributed by atoms with E-state index in [0.29, 0.717) is 0 Å². The van der Waals surface area contributed by atoms with Crippen molar-refractivity contribution >= 4 is 22.6 Å². The van der Waals surface area contributed by atoms with Crippen molar-refractivity contribution in [3.05, 3.63) is 27.3 Å². The molecule has 15 heavy (non-hydrogen) atoms. The second kappa shape index (κ2) is 4.70. The van der Waals surface area contributed by atoms with Gasteiger partial charge in [-0.1, -0.05) is 6.07 Å². The van der Waals surface area contributed by atoms with Gasteiger partial charge >= 0.3 is 0 Å². The normalized spacial score (nSPS) is 15.7. The smallest absolute Gasteiger partial charge is 0.132 e. The Labute approximate surface area is 105 Å². The van der Waals surface area contributed by atoms with E-state index >= 15 is 0 Å². The summed E-state index contributed by atoms with van der Waals surface area (Å²) in [6.45, 7) is 1.05. The van der Waals surface area contributed by atoms with Crippen molar-refractivity contribution in [1.29, 1.82) is 0 Å². The van der Waals surface area contributed by atoms with Crippen LogP contribution in [-0.4, -0.2) is 25.1 Å². The minimum absolute atomic E-state index is 0.824. The van der Waals surface area contributed by atoms with Crippen molar-refractivity contribution in [2.24, 2.45) is 0 Å². The van der Waals surface area contributed by atoms with Gasteiger partial charge in [-0.05, 0) is 60.2 Å². The largest absolute Gasteiger partial charge is 0.496 e. The van der Waals surface area contributed by atoms with E-state index in [1.54, 1.807) is 7.11 Å². The maximum absolute atomic E-state index is 5.24. The summed E-state index contributed by atoms with van der Waals surface area (Å²) in [6, 6.07) is 7.24. The summed E-state index contributed by atoms with van der Waals surface area (Å²) >= 11 is 2.32. The highest BCUT2D eigenvalue weighted by Crippen LogP contribution is 2.28. The molecule has 0 heterocycles. The van der Waals surface area contributed by atoms with E-state index in [2.05, 4.69) is 52.7 Å². The molecule has 0 aliphatic heterocycles. The lowest BCUT2D eigenvalue weighted by Gasteiger charge is -2.16. The molecular weight excluding hydrogens is 301 g/mol. The molecule has 0 spiro atoms. The number of rotatable bonds is 4. The Morgan fingerprint density at radius 1 is 1.47 bits per heavy atom. The average Bonchev–Trinajstić information content (AvgIpc) is 3.01. The van der Waals surface area contributed by atoms with Gasteiger partial charge in [0, 0.05) is 12.6 Å². The van der Waals surface area contributed by atoms with Gasteiger partial charge < -0.3 is 4.74 Å². The van der Waals surface area contributed by atoms with Crippen LogP contribution in [0.15, 0.2) is 18.2 Å². The molecule has 0 N–H and O–H groups in total. The van der Waals surface area contributed by atoms with E-state index in [-0.39, 0.29) is 0 Å². The molecule has 0 aromatic heterocycles. The first-order valence-electron chi connectivity index (χ1n) is 5.23. The number of halogens is 1. The maximum Gasteiger partial charge on any atom is 0.132 e. The fourth-order valence-electron chi connectivity index (χ4n) is 1.74. The lowest BCUT2D eigenvalue weighted by atomic mass is 10.2. The third-order valence-corrected chi connectivity index (χ3v) is 3.66. The zero-order valence-corrected chi connectivity index (χ0v) is 11.3. The first-order valence-corrected chi connectivity index (χ1v) is 6.31. The van der Waals surface area contributed by atoms with E-state index in [1.165, 1.54) is 22.0 Å². The summed E-state index contributed by atoms with van der Waals surface area (Å²) in [7, 11) is 3.92. The molecule has 0 amide bonds. The number of hydrogen-bond donors (Lipinski definition) is 0. The van der Waals surface area contributed by atoms with Crippen LogP contribution in [0, 0.1) is 3.57 Å². The molecular formula is C12H16INO. The summed E-state index contributed by atoms with van der Waals surface area (Å²) in [5, 5.41) is 0. The van der Waals surface area contributed by atoms with Crippen molar-refractivity contribution in [3.8, 4) is 5.75 Å². The molecule has 0 bridgehead atoms. The van der Waals surface area contributed by atoms with Gasteiger partial charge in [-0.25, -0.2) is 0 Å². The Morgan fingerprint density at radius 2 is 2.20 bits per heavy atom. The van der Waals surface area contributed by atoms with Gasteiger partial charge in [-0.15, -0.1) is 0 Å². The van der Waals surface area contributed by atoms with Crippen LogP contribution in [0.25, 0.3) is 0 Å². The molecule has 3 heteroatoms. The van der Waals surface area contributed by atoms with Crippen LogP contribution in [0.4, 0.5) is 0 Å². The molecule has 0 atom stereocenters. The second-order valence-electron chi connectivity index (χ2n) is 4.12. The molecule has 1 aliphatic rings. The van der Waals surface area contributed by atoms with E-state index in [0.717, 1.165) is 18.3 Å². The van der Waals surface area contributed by atoms with Crippen molar-refractivity contribution in [2.45, 2.75) is 25.4 Å². The van der Waals surface area contributed by atoms with Gasteiger partial charge in [0.15, 0.2) is 0 Å². The first-order chi connectivity index (χ1) is 7.20. The number of nitrogens with zero attached hydrogens (tertiary/aromatic N) is 1.